The maximum atomic E-state index is 11.3. The van der Waals surface area contributed by atoms with E-state index in [0.29, 0.717) is 16.6 Å². The molecule has 0 aromatic carbocycles. The zero-order valence-electron chi connectivity index (χ0n) is 10.6. The monoisotopic (exact) mass is 288 g/mol. The third kappa shape index (κ3) is 3.34. The zero-order valence-corrected chi connectivity index (χ0v) is 11.4. The molecule has 2 rings (SSSR count). The molecule has 4 atom stereocenters. The molecule has 1 saturated heterocycles. The van der Waals surface area contributed by atoms with Crippen molar-refractivity contribution in [2.75, 3.05) is 12.9 Å². The van der Waals surface area contributed by atoms with Crippen molar-refractivity contribution in [3.05, 3.63) is 22.1 Å². The largest absolute Gasteiger partial charge is 0.387 e. The minimum atomic E-state index is -1.07. The molecule has 3 N–H and O–H groups in total. The van der Waals surface area contributed by atoms with Gasteiger partial charge < -0.3 is 24.7 Å². The summed E-state index contributed by atoms with van der Waals surface area (Å²) < 4.78 is 10.3. The van der Waals surface area contributed by atoms with Gasteiger partial charge in [-0.25, -0.2) is 4.98 Å². The van der Waals surface area contributed by atoms with E-state index in [4.69, 9.17) is 9.47 Å². The number of hydrogen-bond acceptors (Lipinski definition) is 7. The van der Waals surface area contributed by atoms with Crippen LogP contribution in [0.5, 0.6) is 0 Å². The molecule has 19 heavy (non-hydrogen) atoms. The van der Waals surface area contributed by atoms with Crippen molar-refractivity contribution in [2.24, 2.45) is 0 Å². The van der Waals surface area contributed by atoms with Gasteiger partial charge in [-0.1, -0.05) is 11.8 Å². The summed E-state index contributed by atoms with van der Waals surface area (Å²) in [6.07, 6.45) is -3.49. The predicted molar refractivity (Wildman–Crippen MR) is 68.0 cm³/mol. The summed E-state index contributed by atoms with van der Waals surface area (Å²) in [5, 5.41) is 19.9. The molecule has 0 unspecified atom stereocenters. The zero-order chi connectivity index (χ0) is 14.0. The Morgan fingerprint density at radius 3 is 2.84 bits per heavy atom. The standard InChI is InChI=1S/C11H16N2O5S/c1-5-3-7(14)13-11(12-5)19-4-6-8(15)9(16)10(17-2)18-6/h3,6,8-10,15-16H,4H2,1-2H3,(H,12,13,14)/t6-,8-,9-,10-/m1/s1. The number of aliphatic hydroxyl groups is 2. The van der Waals surface area contributed by atoms with Crippen LogP contribution >= 0.6 is 11.8 Å². The normalized spacial score (nSPS) is 30.7. The Balaban J connectivity index is 1.97. The van der Waals surface area contributed by atoms with Crippen LogP contribution in [0.1, 0.15) is 5.69 Å². The highest BCUT2D eigenvalue weighted by Crippen LogP contribution is 2.26. The molecule has 1 fully saturated rings. The molecule has 0 amide bonds. The third-order valence-electron chi connectivity index (χ3n) is 2.78. The lowest BCUT2D eigenvalue weighted by molar-refractivity contribution is -0.145. The predicted octanol–water partition coefficient (Wildman–Crippen LogP) is -0.736. The molecule has 1 aromatic heterocycles. The van der Waals surface area contributed by atoms with E-state index in [-0.39, 0.29) is 5.56 Å². The maximum absolute atomic E-state index is 11.3. The summed E-state index contributed by atoms with van der Waals surface area (Å²) in [5.41, 5.74) is 0.395. The van der Waals surface area contributed by atoms with Crippen LogP contribution in [-0.4, -0.2) is 57.6 Å². The number of aromatic nitrogens is 2. The lowest BCUT2D eigenvalue weighted by Gasteiger charge is -2.13. The number of aromatic amines is 1. The molecule has 1 aliphatic rings. The summed E-state index contributed by atoms with van der Waals surface area (Å²) in [7, 11) is 1.40. The van der Waals surface area contributed by atoms with E-state index in [9.17, 15) is 15.0 Å². The van der Waals surface area contributed by atoms with Gasteiger partial charge in [0.2, 0.25) is 0 Å². The maximum Gasteiger partial charge on any atom is 0.251 e. The first-order valence-electron chi connectivity index (χ1n) is 5.76. The van der Waals surface area contributed by atoms with Gasteiger partial charge in [0, 0.05) is 24.6 Å². The smallest absolute Gasteiger partial charge is 0.251 e. The van der Waals surface area contributed by atoms with Gasteiger partial charge in [-0.2, -0.15) is 0 Å². The third-order valence-corrected chi connectivity index (χ3v) is 3.75. The lowest BCUT2D eigenvalue weighted by Crippen LogP contribution is -2.33. The fraction of sp³-hybridized carbons (Fsp3) is 0.636. The molecule has 0 bridgehead atoms. The number of methoxy groups -OCH3 is 1. The molecule has 0 saturated carbocycles. The van der Waals surface area contributed by atoms with Gasteiger partial charge >= 0.3 is 0 Å². The molecule has 0 spiro atoms. The van der Waals surface area contributed by atoms with E-state index in [2.05, 4.69) is 9.97 Å². The van der Waals surface area contributed by atoms with Crippen LogP contribution < -0.4 is 5.56 Å². The van der Waals surface area contributed by atoms with Crippen LogP contribution in [0.3, 0.4) is 0 Å². The van der Waals surface area contributed by atoms with Crippen LogP contribution in [0, 0.1) is 6.92 Å². The first-order valence-corrected chi connectivity index (χ1v) is 6.75. The van der Waals surface area contributed by atoms with E-state index in [1.54, 1.807) is 6.92 Å². The van der Waals surface area contributed by atoms with E-state index in [1.165, 1.54) is 24.9 Å². The lowest BCUT2D eigenvalue weighted by atomic mass is 10.2. The van der Waals surface area contributed by atoms with Crippen molar-refractivity contribution in [1.82, 2.24) is 9.97 Å². The number of aliphatic hydroxyl groups excluding tert-OH is 2. The van der Waals surface area contributed by atoms with E-state index < -0.39 is 24.6 Å². The Morgan fingerprint density at radius 1 is 1.53 bits per heavy atom. The van der Waals surface area contributed by atoms with Gasteiger partial charge in [-0.3, -0.25) is 4.79 Å². The van der Waals surface area contributed by atoms with Crippen LogP contribution in [-0.2, 0) is 9.47 Å². The van der Waals surface area contributed by atoms with Crippen LogP contribution in [0.15, 0.2) is 16.0 Å². The number of H-pyrrole nitrogens is 1. The van der Waals surface area contributed by atoms with E-state index >= 15 is 0 Å². The summed E-state index contributed by atoms with van der Waals surface area (Å²) in [4.78, 5) is 18.0. The highest BCUT2D eigenvalue weighted by Gasteiger charge is 2.42. The minimum Gasteiger partial charge on any atom is -0.387 e. The molecule has 2 heterocycles. The summed E-state index contributed by atoms with van der Waals surface area (Å²) in [6, 6.07) is 1.40. The number of rotatable bonds is 4. The number of hydrogen-bond donors (Lipinski definition) is 3. The highest BCUT2D eigenvalue weighted by atomic mass is 32.2. The Hall–Kier alpha value is -0.930. The van der Waals surface area contributed by atoms with Gasteiger partial charge in [0.15, 0.2) is 11.4 Å². The molecule has 8 heteroatoms. The van der Waals surface area contributed by atoms with Crippen molar-refractivity contribution >= 4 is 11.8 Å². The number of ether oxygens (including phenoxy) is 2. The van der Waals surface area contributed by atoms with Gasteiger partial charge in [-0.05, 0) is 6.92 Å². The van der Waals surface area contributed by atoms with Crippen molar-refractivity contribution in [3.63, 3.8) is 0 Å². The number of nitrogens with one attached hydrogen (secondary N) is 1. The van der Waals surface area contributed by atoms with Crippen LogP contribution in [0.4, 0.5) is 0 Å². The van der Waals surface area contributed by atoms with Gasteiger partial charge in [0.05, 0.1) is 6.10 Å². The number of aryl methyl sites for hydroxylation is 1. The number of thioether (sulfide) groups is 1. The molecule has 1 aliphatic heterocycles. The molecular formula is C11H16N2O5S. The molecule has 106 valence electrons. The van der Waals surface area contributed by atoms with E-state index in [0.717, 1.165) is 0 Å². The second kappa shape index (κ2) is 6.02. The Bertz CT molecular complexity index is 494. The fourth-order valence-corrected chi connectivity index (χ4v) is 2.81. The van der Waals surface area contributed by atoms with Crippen molar-refractivity contribution < 1.29 is 19.7 Å². The quantitative estimate of drug-likeness (QED) is 0.495. The topological polar surface area (TPSA) is 105 Å². The average Bonchev–Trinajstić information content (AvgIpc) is 2.62. The molecule has 1 aromatic rings. The van der Waals surface area contributed by atoms with Crippen molar-refractivity contribution in [1.29, 1.82) is 0 Å². The Labute approximate surface area is 114 Å². The van der Waals surface area contributed by atoms with Crippen molar-refractivity contribution in [2.45, 2.75) is 36.7 Å². The molecular weight excluding hydrogens is 272 g/mol. The average molecular weight is 288 g/mol. The molecule has 7 nitrogen and oxygen atoms in total. The van der Waals surface area contributed by atoms with Gasteiger partial charge in [0.25, 0.3) is 5.56 Å². The van der Waals surface area contributed by atoms with Gasteiger partial charge in [0.1, 0.15) is 12.2 Å². The van der Waals surface area contributed by atoms with Crippen molar-refractivity contribution in [3.8, 4) is 0 Å². The first kappa shape index (κ1) is 14.5. The minimum absolute atomic E-state index is 0.224. The summed E-state index contributed by atoms with van der Waals surface area (Å²) >= 11 is 1.25. The number of nitrogens with zero attached hydrogens (tertiary/aromatic N) is 1. The second-order valence-electron chi connectivity index (χ2n) is 4.26. The molecule has 0 aliphatic carbocycles. The molecule has 0 radical (unpaired) electrons. The van der Waals surface area contributed by atoms with E-state index in [1.807, 2.05) is 0 Å². The second-order valence-corrected chi connectivity index (χ2v) is 5.27. The SMILES string of the molecule is CO[C@@H]1O[C@H](CSc2nc(C)cc(=O)[nH]2)[C@@H](O)[C@H]1O. The Kier molecular flexibility index (Phi) is 4.58. The Morgan fingerprint density at radius 2 is 2.26 bits per heavy atom. The van der Waals surface area contributed by atoms with Gasteiger partial charge in [-0.15, -0.1) is 0 Å². The summed E-state index contributed by atoms with van der Waals surface area (Å²) in [5.74, 6) is 0.352. The first-order chi connectivity index (χ1) is 9.01. The fourth-order valence-electron chi connectivity index (χ4n) is 1.83. The van der Waals surface area contributed by atoms with Crippen LogP contribution in [0.2, 0.25) is 0 Å². The summed E-state index contributed by atoms with van der Waals surface area (Å²) in [6.45, 7) is 1.73. The van der Waals surface area contributed by atoms with Crippen LogP contribution in [0.25, 0.3) is 0 Å². The highest BCUT2D eigenvalue weighted by molar-refractivity contribution is 7.99.